The van der Waals surface area contributed by atoms with Crippen LogP contribution in [0.3, 0.4) is 0 Å². The molecular weight excluding hydrogens is 414 g/mol. The number of amides is 1. The molecule has 4 rings (SSSR count). The van der Waals surface area contributed by atoms with Gasteiger partial charge in [-0.25, -0.2) is 4.85 Å². The van der Waals surface area contributed by atoms with Gasteiger partial charge in [-0.3, -0.25) is 9.59 Å². The van der Waals surface area contributed by atoms with Crippen molar-refractivity contribution in [1.29, 1.82) is 0 Å². The monoisotopic (exact) mass is 445 g/mol. The summed E-state index contributed by atoms with van der Waals surface area (Å²) in [5, 5.41) is 12.4. The molecule has 6 nitrogen and oxygen atoms in total. The number of benzene rings is 1. The highest BCUT2D eigenvalue weighted by molar-refractivity contribution is 6.05. The number of rotatable bonds is 5. The fourth-order valence-corrected chi connectivity index (χ4v) is 4.95. The number of carboxylic acid groups (broad SMARTS) is 1. The summed E-state index contributed by atoms with van der Waals surface area (Å²) in [6.45, 7) is 11.7. The highest BCUT2D eigenvalue weighted by Gasteiger charge is 2.28. The third-order valence-electron chi connectivity index (χ3n) is 7.20. The van der Waals surface area contributed by atoms with Crippen LogP contribution in [0.1, 0.15) is 86.3 Å². The molecule has 3 N–H and O–H groups in total. The molecule has 0 saturated heterocycles. The minimum atomic E-state index is -0.687. The Morgan fingerprint density at radius 2 is 1.94 bits per heavy atom. The Hall–Kier alpha value is -3.33. The Morgan fingerprint density at radius 3 is 2.55 bits per heavy atom. The third-order valence-corrected chi connectivity index (χ3v) is 7.20. The largest absolute Gasteiger partial charge is 0.481 e. The maximum absolute atomic E-state index is 12.8. The molecule has 0 bridgehead atoms. The van der Waals surface area contributed by atoms with Crippen LogP contribution < -0.4 is 5.32 Å². The second-order valence-corrected chi connectivity index (χ2v) is 10.1. The van der Waals surface area contributed by atoms with Gasteiger partial charge in [0.2, 0.25) is 5.69 Å². The Morgan fingerprint density at radius 1 is 1.18 bits per heavy atom. The van der Waals surface area contributed by atoms with Gasteiger partial charge in [0, 0.05) is 17.4 Å². The lowest BCUT2D eigenvalue weighted by Crippen LogP contribution is -2.21. The first-order valence-electron chi connectivity index (χ1n) is 11.7. The van der Waals surface area contributed by atoms with Gasteiger partial charge < -0.3 is 15.4 Å². The highest BCUT2D eigenvalue weighted by Crippen LogP contribution is 2.42. The average molecular weight is 446 g/mol. The van der Waals surface area contributed by atoms with Gasteiger partial charge >= 0.3 is 5.97 Å². The smallest absolute Gasteiger partial charge is 0.306 e. The SMILES string of the molecule is [C-]#[N+]c1c[nH]c(C(=O)Nc2ccc(C3CCC(C(=O)O)CC3)cc2C2=CCC(C)(C)CC2)c1. The van der Waals surface area contributed by atoms with Crippen LogP contribution in [0.2, 0.25) is 0 Å². The van der Waals surface area contributed by atoms with E-state index in [0.717, 1.165) is 43.4 Å². The summed E-state index contributed by atoms with van der Waals surface area (Å²) < 4.78 is 0. The number of carbonyl (C=O) groups is 2. The first-order valence-corrected chi connectivity index (χ1v) is 11.7. The fraction of sp³-hybridized carbons (Fsp3) is 0.444. The van der Waals surface area contributed by atoms with E-state index in [9.17, 15) is 14.7 Å². The molecule has 1 heterocycles. The van der Waals surface area contributed by atoms with E-state index in [-0.39, 0.29) is 17.2 Å². The number of anilines is 1. The lowest BCUT2D eigenvalue weighted by Gasteiger charge is -2.30. The predicted molar refractivity (Wildman–Crippen MR) is 129 cm³/mol. The van der Waals surface area contributed by atoms with E-state index < -0.39 is 5.97 Å². The highest BCUT2D eigenvalue weighted by atomic mass is 16.4. The van der Waals surface area contributed by atoms with Gasteiger partial charge in [0.1, 0.15) is 0 Å². The van der Waals surface area contributed by atoms with Gasteiger partial charge in [0.05, 0.1) is 18.2 Å². The van der Waals surface area contributed by atoms with Gasteiger partial charge in [-0.15, -0.1) is 0 Å². The van der Waals surface area contributed by atoms with Crippen LogP contribution in [0.4, 0.5) is 11.4 Å². The van der Waals surface area contributed by atoms with Crippen molar-refractivity contribution < 1.29 is 14.7 Å². The van der Waals surface area contributed by atoms with E-state index >= 15 is 0 Å². The van der Waals surface area contributed by atoms with Crippen molar-refractivity contribution in [2.24, 2.45) is 11.3 Å². The molecule has 1 saturated carbocycles. The first-order chi connectivity index (χ1) is 15.8. The van der Waals surface area contributed by atoms with E-state index in [1.165, 1.54) is 17.3 Å². The number of carbonyl (C=O) groups excluding carboxylic acids is 1. The molecule has 2 aliphatic carbocycles. The van der Waals surface area contributed by atoms with Crippen LogP contribution in [-0.4, -0.2) is 22.0 Å². The molecule has 33 heavy (non-hydrogen) atoms. The van der Waals surface area contributed by atoms with E-state index in [2.05, 4.69) is 47.2 Å². The molecule has 1 aromatic carbocycles. The Kier molecular flexibility index (Phi) is 6.42. The lowest BCUT2D eigenvalue weighted by molar-refractivity contribution is -0.142. The lowest BCUT2D eigenvalue weighted by atomic mass is 9.75. The molecule has 1 aromatic heterocycles. The number of nitrogens with one attached hydrogen (secondary N) is 2. The second-order valence-electron chi connectivity index (χ2n) is 10.1. The molecular formula is C27H31N3O3. The molecule has 6 heteroatoms. The number of hydrogen-bond acceptors (Lipinski definition) is 2. The zero-order valence-electron chi connectivity index (χ0n) is 19.3. The van der Waals surface area contributed by atoms with Crippen LogP contribution in [-0.2, 0) is 4.79 Å². The van der Waals surface area contributed by atoms with Crippen LogP contribution in [0.25, 0.3) is 10.4 Å². The molecule has 0 aliphatic heterocycles. The fourth-order valence-electron chi connectivity index (χ4n) is 4.95. The second kappa shape index (κ2) is 9.27. The third kappa shape index (κ3) is 5.19. The summed E-state index contributed by atoms with van der Waals surface area (Å²) in [4.78, 5) is 30.4. The molecule has 1 amide bonds. The number of nitrogens with zero attached hydrogens (tertiary/aromatic N) is 1. The minimum Gasteiger partial charge on any atom is -0.481 e. The van der Waals surface area contributed by atoms with Crippen molar-refractivity contribution in [2.75, 3.05) is 5.32 Å². The van der Waals surface area contributed by atoms with Crippen LogP contribution in [0.5, 0.6) is 0 Å². The average Bonchev–Trinajstić information content (AvgIpc) is 3.29. The van der Waals surface area contributed by atoms with Crippen molar-refractivity contribution in [3.05, 3.63) is 64.8 Å². The Labute approximate surface area is 194 Å². The molecule has 0 atom stereocenters. The van der Waals surface area contributed by atoms with Gasteiger partial charge in [-0.2, -0.15) is 0 Å². The number of carboxylic acids is 1. The predicted octanol–water partition coefficient (Wildman–Crippen LogP) is 6.77. The minimum absolute atomic E-state index is 0.233. The quantitative estimate of drug-likeness (QED) is 0.444. The molecule has 2 aliphatic rings. The summed E-state index contributed by atoms with van der Waals surface area (Å²) in [5.74, 6) is -0.844. The van der Waals surface area contributed by atoms with Gasteiger partial charge in [0.15, 0.2) is 0 Å². The Bertz CT molecular complexity index is 1130. The van der Waals surface area contributed by atoms with Gasteiger partial charge in [-0.1, -0.05) is 26.0 Å². The topological polar surface area (TPSA) is 86.5 Å². The summed E-state index contributed by atoms with van der Waals surface area (Å²) in [6.07, 6.45) is 10.0. The molecule has 0 radical (unpaired) electrons. The molecule has 172 valence electrons. The molecule has 0 unspecified atom stereocenters. The van der Waals surface area contributed by atoms with E-state index in [1.807, 2.05) is 6.07 Å². The molecule has 2 aromatic rings. The summed E-state index contributed by atoms with van der Waals surface area (Å²) in [6, 6.07) is 7.80. The zero-order chi connectivity index (χ0) is 23.6. The maximum Gasteiger partial charge on any atom is 0.306 e. The summed E-state index contributed by atoms with van der Waals surface area (Å²) in [7, 11) is 0. The number of aromatic amines is 1. The molecule has 0 spiro atoms. The van der Waals surface area contributed by atoms with Crippen LogP contribution in [0, 0.1) is 17.9 Å². The van der Waals surface area contributed by atoms with Gasteiger partial charge in [0.25, 0.3) is 5.91 Å². The number of hydrogen-bond donors (Lipinski definition) is 3. The first kappa shape index (κ1) is 22.8. The molecule has 1 fully saturated rings. The normalized spacial score (nSPS) is 22.2. The van der Waals surface area contributed by atoms with E-state index in [1.54, 1.807) is 6.07 Å². The number of aliphatic carboxylic acids is 1. The number of allylic oxidation sites excluding steroid dienone is 2. The Balaban J connectivity index is 1.62. The zero-order valence-corrected chi connectivity index (χ0v) is 19.3. The van der Waals surface area contributed by atoms with Crippen molar-refractivity contribution in [2.45, 2.75) is 64.7 Å². The van der Waals surface area contributed by atoms with Crippen molar-refractivity contribution in [3.63, 3.8) is 0 Å². The van der Waals surface area contributed by atoms with Crippen molar-refractivity contribution >= 4 is 28.8 Å². The number of aromatic nitrogens is 1. The maximum atomic E-state index is 12.8. The van der Waals surface area contributed by atoms with Gasteiger partial charge in [-0.05, 0) is 85.6 Å². The summed E-state index contributed by atoms with van der Waals surface area (Å²) >= 11 is 0. The van der Waals surface area contributed by atoms with Crippen molar-refractivity contribution in [1.82, 2.24) is 4.98 Å². The van der Waals surface area contributed by atoms with E-state index in [4.69, 9.17) is 6.57 Å². The van der Waals surface area contributed by atoms with Crippen LogP contribution >= 0.6 is 0 Å². The van der Waals surface area contributed by atoms with Crippen LogP contribution in [0.15, 0.2) is 36.5 Å². The standard InChI is InChI=1S/C27H31N3O3/c1-27(2)12-10-18(11-13-27)22-14-20(17-4-6-19(7-5-17)26(32)33)8-9-23(22)30-25(31)24-15-21(28-3)16-29-24/h8-10,14-17,19,29H,4-7,11-13H2,1-2H3,(H,30,31)(H,32,33). The summed E-state index contributed by atoms with van der Waals surface area (Å²) in [5.41, 5.74) is 5.33. The van der Waals surface area contributed by atoms with Crippen molar-refractivity contribution in [3.8, 4) is 0 Å². The van der Waals surface area contributed by atoms with E-state index in [0.29, 0.717) is 30.1 Å². The number of H-pyrrole nitrogens is 1.